The molecule has 0 spiro atoms. The number of rotatable bonds is 4. The zero-order valence-electron chi connectivity index (χ0n) is 9.67. The van der Waals surface area contributed by atoms with Gasteiger partial charge in [-0.25, -0.2) is 0 Å². The smallest absolute Gasteiger partial charge is 0.250 e. The zero-order chi connectivity index (χ0) is 12.1. The number of allylic oxidation sites excluding steroid dienone is 1. The Kier molecular flexibility index (Phi) is 3.55. The predicted molar refractivity (Wildman–Crippen MR) is 70.8 cm³/mol. The molecule has 0 aliphatic heterocycles. The molecule has 0 fully saturated rings. The highest BCUT2D eigenvalue weighted by Crippen LogP contribution is 2.15. The molecule has 2 nitrogen and oxygen atoms in total. The van der Waals surface area contributed by atoms with Crippen molar-refractivity contribution in [2.45, 2.75) is 13.0 Å². The van der Waals surface area contributed by atoms with Crippen molar-refractivity contribution < 1.29 is 0 Å². The van der Waals surface area contributed by atoms with E-state index in [1.807, 2.05) is 36.4 Å². The highest BCUT2D eigenvalue weighted by molar-refractivity contribution is 5.62. The number of pyridine rings is 1. The molecule has 0 saturated heterocycles. The predicted octanol–water partition coefficient (Wildman–Crippen LogP) is 2.95. The summed E-state index contributed by atoms with van der Waals surface area (Å²) < 4.78 is 1.70. The van der Waals surface area contributed by atoms with Crippen molar-refractivity contribution in [2.75, 3.05) is 0 Å². The molecule has 1 heterocycles. The molecule has 2 heteroatoms. The van der Waals surface area contributed by atoms with Gasteiger partial charge in [0.1, 0.15) is 0 Å². The van der Waals surface area contributed by atoms with Gasteiger partial charge in [0.2, 0.25) is 0 Å². The summed E-state index contributed by atoms with van der Waals surface area (Å²) in [4.78, 5) is 11.5. The third kappa shape index (κ3) is 2.94. The molecule has 0 amide bonds. The molecule has 0 bridgehead atoms. The number of hydrogen-bond donors (Lipinski definition) is 0. The van der Waals surface area contributed by atoms with E-state index in [0.29, 0.717) is 6.54 Å². The van der Waals surface area contributed by atoms with Gasteiger partial charge in [-0.3, -0.25) is 4.79 Å². The largest absolute Gasteiger partial charge is 0.315 e. The van der Waals surface area contributed by atoms with Gasteiger partial charge in [-0.2, -0.15) is 0 Å². The molecule has 0 unspecified atom stereocenters. The maximum absolute atomic E-state index is 11.5. The molecule has 17 heavy (non-hydrogen) atoms. The topological polar surface area (TPSA) is 22.0 Å². The van der Waals surface area contributed by atoms with Crippen LogP contribution in [0.25, 0.3) is 5.57 Å². The average molecular weight is 225 g/mol. The van der Waals surface area contributed by atoms with Crippen molar-refractivity contribution in [1.29, 1.82) is 0 Å². The molecule has 1 aromatic heterocycles. The monoisotopic (exact) mass is 225 g/mol. The van der Waals surface area contributed by atoms with Crippen LogP contribution in [0.4, 0.5) is 0 Å². The molecule has 0 saturated carbocycles. The quantitative estimate of drug-likeness (QED) is 0.784. The fourth-order valence-corrected chi connectivity index (χ4v) is 1.72. The molecular weight excluding hydrogens is 210 g/mol. The van der Waals surface area contributed by atoms with Crippen molar-refractivity contribution in [3.63, 3.8) is 0 Å². The van der Waals surface area contributed by atoms with Gasteiger partial charge in [0.25, 0.3) is 5.56 Å². The number of nitrogens with zero attached hydrogens (tertiary/aromatic N) is 1. The van der Waals surface area contributed by atoms with Gasteiger partial charge in [0.15, 0.2) is 0 Å². The van der Waals surface area contributed by atoms with Gasteiger partial charge in [-0.1, -0.05) is 43.0 Å². The Hall–Kier alpha value is -2.09. The summed E-state index contributed by atoms with van der Waals surface area (Å²) in [5.41, 5.74) is 2.23. The van der Waals surface area contributed by atoms with Gasteiger partial charge in [0, 0.05) is 18.8 Å². The second-order valence-corrected chi connectivity index (χ2v) is 3.95. The first kappa shape index (κ1) is 11.4. The van der Waals surface area contributed by atoms with Crippen LogP contribution in [0.5, 0.6) is 0 Å². The van der Waals surface area contributed by atoms with E-state index in [0.717, 1.165) is 17.6 Å². The summed E-state index contributed by atoms with van der Waals surface area (Å²) in [6.07, 6.45) is 2.59. The fourth-order valence-electron chi connectivity index (χ4n) is 1.72. The summed E-state index contributed by atoms with van der Waals surface area (Å²) in [5.74, 6) is 0. The van der Waals surface area contributed by atoms with Gasteiger partial charge >= 0.3 is 0 Å². The standard InChI is InChI=1S/C15H15NO/c1-13(14-7-3-2-4-8-14)10-12-16-11-6-5-9-15(16)17/h2-9,11H,1,10,12H2. The molecule has 0 radical (unpaired) electrons. The maximum atomic E-state index is 11.5. The van der Waals surface area contributed by atoms with Crippen LogP contribution < -0.4 is 5.56 Å². The Labute approximate surface area is 101 Å². The molecule has 0 aliphatic carbocycles. The molecule has 0 N–H and O–H groups in total. The van der Waals surface area contributed by atoms with Gasteiger partial charge < -0.3 is 4.57 Å². The first-order valence-electron chi connectivity index (χ1n) is 5.66. The first-order chi connectivity index (χ1) is 8.27. The highest BCUT2D eigenvalue weighted by atomic mass is 16.1. The average Bonchev–Trinajstić information content (AvgIpc) is 2.38. The number of benzene rings is 1. The first-order valence-corrected chi connectivity index (χ1v) is 5.66. The van der Waals surface area contributed by atoms with Crippen LogP contribution in [-0.2, 0) is 6.54 Å². The van der Waals surface area contributed by atoms with Crippen molar-refractivity contribution >= 4 is 5.57 Å². The lowest BCUT2D eigenvalue weighted by atomic mass is 10.1. The van der Waals surface area contributed by atoms with Crippen LogP contribution in [0, 0.1) is 0 Å². The normalized spacial score (nSPS) is 10.1. The minimum absolute atomic E-state index is 0.0355. The molecule has 0 atom stereocenters. The lowest BCUT2D eigenvalue weighted by molar-refractivity contribution is 0.688. The summed E-state index contributed by atoms with van der Waals surface area (Å²) in [6, 6.07) is 15.2. The van der Waals surface area contributed by atoms with E-state index in [9.17, 15) is 4.79 Å². The zero-order valence-corrected chi connectivity index (χ0v) is 9.67. The van der Waals surface area contributed by atoms with Crippen molar-refractivity contribution in [3.05, 3.63) is 77.2 Å². The van der Waals surface area contributed by atoms with Crippen molar-refractivity contribution in [1.82, 2.24) is 4.57 Å². The minimum atomic E-state index is 0.0355. The van der Waals surface area contributed by atoms with Crippen molar-refractivity contribution in [2.24, 2.45) is 0 Å². The van der Waals surface area contributed by atoms with Gasteiger partial charge in [0.05, 0.1) is 0 Å². The van der Waals surface area contributed by atoms with Crippen LogP contribution in [0.15, 0.2) is 66.1 Å². The van der Waals surface area contributed by atoms with Gasteiger partial charge in [-0.15, -0.1) is 0 Å². The Morgan fingerprint density at radius 1 is 1.06 bits per heavy atom. The van der Waals surface area contributed by atoms with E-state index in [-0.39, 0.29) is 5.56 Å². The summed E-state index contributed by atoms with van der Waals surface area (Å²) in [5, 5.41) is 0. The molecule has 86 valence electrons. The number of hydrogen-bond acceptors (Lipinski definition) is 1. The summed E-state index contributed by atoms with van der Waals surface area (Å²) in [6.45, 7) is 4.73. The lowest BCUT2D eigenvalue weighted by Crippen LogP contribution is -2.17. The molecule has 2 rings (SSSR count). The van der Waals surface area contributed by atoms with E-state index < -0.39 is 0 Å². The Balaban J connectivity index is 2.02. The Morgan fingerprint density at radius 3 is 2.47 bits per heavy atom. The summed E-state index contributed by atoms with van der Waals surface area (Å²) in [7, 11) is 0. The molecule has 0 aliphatic rings. The third-order valence-electron chi connectivity index (χ3n) is 2.74. The van der Waals surface area contributed by atoms with E-state index in [1.54, 1.807) is 22.9 Å². The second-order valence-electron chi connectivity index (χ2n) is 3.95. The van der Waals surface area contributed by atoms with Gasteiger partial charge in [-0.05, 0) is 23.6 Å². The molecule has 2 aromatic rings. The lowest BCUT2D eigenvalue weighted by Gasteiger charge is -2.07. The third-order valence-corrected chi connectivity index (χ3v) is 2.74. The molecule has 1 aromatic carbocycles. The van der Waals surface area contributed by atoms with Crippen LogP contribution in [0.2, 0.25) is 0 Å². The number of aryl methyl sites for hydroxylation is 1. The second kappa shape index (κ2) is 5.30. The van der Waals surface area contributed by atoms with E-state index in [1.165, 1.54) is 0 Å². The van der Waals surface area contributed by atoms with Crippen LogP contribution in [0.3, 0.4) is 0 Å². The van der Waals surface area contributed by atoms with Crippen LogP contribution >= 0.6 is 0 Å². The fraction of sp³-hybridized carbons (Fsp3) is 0.133. The highest BCUT2D eigenvalue weighted by Gasteiger charge is 1.99. The van der Waals surface area contributed by atoms with E-state index in [2.05, 4.69) is 6.58 Å². The van der Waals surface area contributed by atoms with Crippen LogP contribution in [0.1, 0.15) is 12.0 Å². The maximum Gasteiger partial charge on any atom is 0.250 e. The Morgan fingerprint density at radius 2 is 1.76 bits per heavy atom. The summed E-state index contributed by atoms with van der Waals surface area (Å²) >= 11 is 0. The van der Waals surface area contributed by atoms with Crippen molar-refractivity contribution in [3.8, 4) is 0 Å². The van der Waals surface area contributed by atoms with E-state index >= 15 is 0 Å². The van der Waals surface area contributed by atoms with E-state index in [4.69, 9.17) is 0 Å². The Bertz CT molecular complexity index is 554. The van der Waals surface area contributed by atoms with Crippen LogP contribution in [-0.4, -0.2) is 4.57 Å². The SMILES string of the molecule is C=C(CCn1ccccc1=O)c1ccccc1. The molecular formula is C15H15NO. The minimum Gasteiger partial charge on any atom is -0.315 e. The number of aromatic nitrogens is 1.